The van der Waals surface area contributed by atoms with Crippen LogP contribution in [0, 0.1) is 12.8 Å². The zero-order valence-corrected chi connectivity index (χ0v) is 11.6. The van der Waals surface area contributed by atoms with Gasteiger partial charge in [-0.25, -0.2) is 0 Å². The van der Waals surface area contributed by atoms with Gasteiger partial charge in [-0.2, -0.15) is 0 Å². The van der Waals surface area contributed by atoms with Crippen LogP contribution in [-0.4, -0.2) is 44.3 Å². The molecule has 0 spiro atoms. The van der Waals surface area contributed by atoms with Crippen LogP contribution in [0.15, 0.2) is 16.5 Å². The minimum atomic E-state index is -0.0204. The number of furan rings is 1. The minimum Gasteiger partial charge on any atom is -0.464 e. The first kappa shape index (κ1) is 14.1. The molecule has 1 fully saturated rings. The number of hydrogen-bond acceptors (Lipinski definition) is 4. The van der Waals surface area contributed by atoms with Gasteiger partial charge in [-0.15, -0.1) is 0 Å². The Hall–Kier alpha value is -1.33. The summed E-state index contributed by atoms with van der Waals surface area (Å²) in [4.78, 5) is 14.2. The summed E-state index contributed by atoms with van der Waals surface area (Å²) >= 11 is 0. The van der Waals surface area contributed by atoms with Crippen LogP contribution in [0.25, 0.3) is 0 Å². The van der Waals surface area contributed by atoms with Gasteiger partial charge in [-0.1, -0.05) is 0 Å². The summed E-state index contributed by atoms with van der Waals surface area (Å²) in [5.41, 5.74) is 0. The zero-order chi connectivity index (χ0) is 13.7. The van der Waals surface area contributed by atoms with Crippen molar-refractivity contribution >= 4 is 5.91 Å². The number of rotatable bonds is 6. The number of amides is 1. The largest absolute Gasteiger partial charge is 0.464 e. The molecule has 0 N–H and O–H groups in total. The third-order valence-electron chi connectivity index (χ3n) is 3.30. The van der Waals surface area contributed by atoms with Crippen LogP contribution in [-0.2, 0) is 20.8 Å². The molecule has 5 nitrogen and oxygen atoms in total. The molecule has 1 atom stereocenters. The Morgan fingerprint density at radius 1 is 1.53 bits per heavy atom. The van der Waals surface area contributed by atoms with Crippen molar-refractivity contribution in [3.8, 4) is 0 Å². The second-order valence-corrected chi connectivity index (χ2v) is 4.83. The van der Waals surface area contributed by atoms with Crippen molar-refractivity contribution in [2.24, 2.45) is 5.92 Å². The number of aryl methyl sites for hydroxylation is 1. The highest BCUT2D eigenvalue weighted by Gasteiger charge is 2.28. The van der Waals surface area contributed by atoms with E-state index >= 15 is 0 Å². The van der Waals surface area contributed by atoms with Crippen LogP contribution in [0.2, 0.25) is 0 Å². The molecule has 1 saturated heterocycles. The van der Waals surface area contributed by atoms with E-state index < -0.39 is 0 Å². The molecule has 0 unspecified atom stereocenters. The highest BCUT2D eigenvalue weighted by molar-refractivity contribution is 5.79. The first-order valence-corrected chi connectivity index (χ1v) is 6.61. The van der Waals surface area contributed by atoms with Crippen molar-refractivity contribution in [3.63, 3.8) is 0 Å². The van der Waals surface area contributed by atoms with Crippen molar-refractivity contribution in [2.45, 2.75) is 19.9 Å². The number of nitrogens with zero attached hydrogens (tertiary/aromatic N) is 1. The second-order valence-electron chi connectivity index (χ2n) is 4.83. The van der Waals surface area contributed by atoms with Crippen molar-refractivity contribution in [1.82, 2.24) is 4.90 Å². The van der Waals surface area contributed by atoms with Gasteiger partial charge in [0.2, 0.25) is 5.91 Å². The fourth-order valence-electron chi connectivity index (χ4n) is 2.21. The molecule has 0 aromatic carbocycles. The molecule has 0 bridgehead atoms. The van der Waals surface area contributed by atoms with E-state index in [0.29, 0.717) is 32.9 Å². The molecule has 1 aliphatic heterocycles. The predicted octanol–water partition coefficient (Wildman–Crippen LogP) is 1.60. The highest BCUT2D eigenvalue weighted by Crippen LogP contribution is 2.18. The first-order valence-electron chi connectivity index (χ1n) is 6.61. The van der Waals surface area contributed by atoms with E-state index in [1.54, 1.807) is 12.0 Å². The molecule has 0 saturated carbocycles. The molecule has 0 aliphatic carbocycles. The van der Waals surface area contributed by atoms with E-state index in [1.165, 1.54) is 0 Å². The van der Waals surface area contributed by atoms with Gasteiger partial charge in [-0.05, 0) is 25.5 Å². The smallest absolute Gasteiger partial charge is 0.228 e. The Balaban J connectivity index is 1.99. The summed E-state index contributed by atoms with van der Waals surface area (Å²) in [5, 5.41) is 0. The average Bonchev–Trinajstić information content (AvgIpc) is 3.05. The monoisotopic (exact) mass is 267 g/mol. The number of hydrogen-bond donors (Lipinski definition) is 0. The molecule has 1 aromatic heterocycles. The maximum absolute atomic E-state index is 12.4. The SMILES string of the molecule is COCCN(Cc1ccc(C)o1)C(=O)[C@@H]1CCOC1. The van der Waals surface area contributed by atoms with Gasteiger partial charge in [0.1, 0.15) is 11.5 Å². The summed E-state index contributed by atoms with van der Waals surface area (Å²) in [6.45, 7) is 4.70. The third kappa shape index (κ3) is 3.81. The Morgan fingerprint density at radius 3 is 2.95 bits per heavy atom. The molecule has 2 rings (SSSR count). The van der Waals surface area contributed by atoms with E-state index in [1.807, 2.05) is 19.1 Å². The lowest BCUT2D eigenvalue weighted by Gasteiger charge is -2.24. The highest BCUT2D eigenvalue weighted by atomic mass is 16.5. The van der Waals surface area contributed by atoms with E-state index in [4.69, 9.17) is 13.9 Å². The lowest BCUT2D eigenvalue weighted by atomic mass is 10.1. The summed E-state index contributed by atoms with van der Waals surface area (Å²) in [5.74, 6) is 1.77. The maximum Gasteiger partial charge on any atom is 0.228 e. The second kappa shape index (κ2) is 6.73. The van der Waals surface area contributed by atoms with Crippen LogP contribution in [0.1, 0.15) is 17.9 Å². The quantitative estimate of drug-likeness (QED) is 0.785. The van der Waals surface area contributed by atoms with E-state index in [2.05, 4.69) is 0 Å². The van der Waals surface area contributed by atoms with Crippen LogP contribution in [0.3, 0.4) is 0 Å². The Kier molecular flexibility index (Phi) is 4.99. The average molecular weight is 267 g/mol. The number of carbonyl (C=O) groups excluding carboxylic acids is 1. The molecule has 106 valence electrons. The van der Waals surface area contributed by atoms with Crippen molar-refractivity contribution in [2.75, 3.05) is 33.5 Å². The van der Waals surface area contributed by atoms with E-state index in [-0.39, 0.29) is 11.8 Å². The first-order chi connectivity index (χ1) is 9.20. The Morgan fingerprint density at radius 2 is 2.37 bits per heavy atom. The molecule has 19 heavy (non-hydrogen) atoms. The fraction of sp³-hybridized carbons (Fsp3) is 0.643. The van der Waals surface area contributed by atoms with Gasteiger partial charge in [0.05, 0.1) is 25.7 Å². The summed E-state index contributed by atoms with van der Waals surface area (Å²) in [6, 6.07) is 3.82. The molecular weight excluding hydrogens is 246 g/mol. The Bertz CT molecular complexity index is 409. The standard InChI is InChI=1S/C14H21NO4/c1-11-3-4-13(19-11)9-15(6-8-17-2)14(16)12-5-7-18-10-12/h3-4,12H,5-10H2,1-2H3/t12-/m1/s1. The summed E-state index contributed by atoms with van der Waals surface area (Å²) < 4.78 is 15.9. The van der Waals surface area contributed by atoms with E-state index in [0.717, 1.165) is 17.9 Å². The zero-order valence-electron chi connectivity index (χ0n) is 11.6. The normalized spacial score (nSPS) is 18.7. The lowest BCUT2D eigenvalue weighted by molar-refractivity contribution is -0.137. The summed E-state index contributed by atoms with van der Waals surface area (Å²) in [7, 11) is 1.64. The third-order valence-corrected chi connectivity index (χ3v) is 3.30. The van der Waals surface area contributed by atoms with Crippen molar-refractivity contribution in [1.29, 1.82) is 0 Å². The number of carbonyl (C=O) groups is 1. The van der Waals surface area contributed by atoms with E-state index in [9.17, 15) is 4.79 Å². The summed E-state index contributed by atoms with van der Waals surface area (Å²) in [6.07, 6.45) is 0.805. The van der Waals surface area contributed by atoms with Gasteiger partial charge in [0.25, 0.3) is 0 Å². The van der Waals surface area contributed by atoms with Gasteiger partial charge in [0.15, 0.2) is 0 Å². The fourth-order valence-corrected chi connectivity index (χ4v) is 2.21. The molecule has 1 aliphatic rings. The molecule has 0 radical (unpaired) electrons. The van der Waals surface area contributed by atoms with Gasteiger partial charge < -0.3 is 18.8 Å². The Labute approximate surface area is 113 Å². The van der Waals surface area contributed by atoms with Gasteiger partial charge in [-0.3, -0.25) is 4.79 Å². The van der Waals surface area contributed by atoms with Crippen LogP contribution >= 0.6 is 0 Å². The lowest BCUT2D eigenvalue weighted by Crippen LogP contribution is -2.38. The minimum absolute atomic E-state index is 0.0204. The molecule has 1 amide bonds. The maximum atomic E-state index is 12.4. The van der Waals surface area contributed by atoms with Crippen molar-refractivity contribution < 1.29 is 18.7 Å². The van der Waals surface area contributed by atoms with Crippen LogP contribution in [0.4, 0.5) is 0 Å². The predicted molar refractivity (Wildman–Crippen MR) is 69.7 cm³/mol. The number of ether oxygens (including phenoxy) is 2. The van der Waals surface area contributed by atoms with Crippen molar-refractivity contribution in [3.05, 3.63) is 23.7 Å². The molecular formula is C14H21NO4. The number of methoxy groups -OCH3 is 1. The molecule has 2 heterocycles. The molecule has 1 aromatic rings. The van der Waals surface area contributed by atoms with Crippen LogP contribution in [0.5, 0.6) is 0 Å². The van der Waals surface area contributed by atoms with Gasteiger partial charge in [0, 0.05) is 20.3 Å². The molecule has 5 heteroatoms. The van der Waals surface area contributed by atoms with Gasteiger partial charge >= 0.3 is 0 Å². The topological polar surface area (TPSA) is 51.9 Å². The van der Waals surface area contributed by atoms with Crippen LogP contribution < -0.4 is 0 Å².